The van der Waals surface area contributed by atoms with E-state index in [1.807, 2.05) is 30.3 Å². The maximum absolute atomic E-state index is 12.8. The normalized spacial score (nSPS) is 12.8. The van der Waals surface area contributed by atoms with Gasteiger partial charge in [-0.05, 0) is 36.1 Å². The highest BCUT2D eigenvalue weighted by Gasteiger charge is 2.30. The van der Waals surface area contributed by atoms with E-state index in [4.69, 9.17) is 0 Å². The number of anilines is 1. The third-order valence-electron chi connectivity index (χ3n) is 4.29. The molecule has 0 saturated carbocycles. The Labute approximate surface area is 156 Å². The van der Waals surface area contributed by atoms with Crippen LogP contribution in [0.1, 0.15) is 36.9 Å². The molecule has 0 aliphatic carbocycles. The number of sulfonamides is 1. The summed E-state index contributed by atoms with van der Waals surface area (Å²) in [4.78, 5) is 12.8. The molecule has 2 rings (SSSR count). The maximum atomic E-state index is 12.8. The Morgan fingerprint density at radius 2 is 1.69 bits per heavy atom. The Morgan fingerprint density at radius 3 is 2.23 bits per heavy atom. The summed E-state index contributed by atoms with van der Waals surface area (Å²) < 4.78 is 25.1. The number of benzene rings is 2. The average Bonchev–Trinajstić information content (AvgIpc) is 2.61. The summed E-state index contributed by atoms with van der Waals surface area (Å²) in [5.74, 6) is -0.384. The molecule has 1 amide bonds. The molecule has 0 aliphatic heterocycles. The fraction of sp³-hybridized carbons (Fsp3) is 0.350. The molecule has 2 aromatic rings. The lowest BCUT2D eigenvalue weighted by molar-refractivity contribution is -0.119. The summed E-state index contributed by atoms with van der Waals surface area (Å²) >= 11 is 0. The van der Waals surface area contributed by atoms with Crippen LogP contribution in [-0.2, 0) is 21.2 Å². The number of carbonyl (C=O) groups excluding carboxylic acids is 1. The number of likely N-dealkylation sites (N-methyl/N-ethyl adjacent to an activating group) is 1. The second kappa shape index (κ2) is 8.96. The Balaban J connectivity index is 2.21. The van der Waals surface area contributed by atoms with Crippen molar-refractivity contribution in [1.82, 2.24) is 4.31 Å². The quantitative estimate of drug-likeness (QED) is 0.768. The van der Waals surface area contributed by atoms with Gasteiger partial charge in [0.15, 0.2) is 0 Å². The van der Waals surface area contributed by atoms with Crippen LogP contribution in [0.25, 0.3) is 0 Å². The molecular weight excluding hydrogens is 348 g/mol. The highest BCUT2D eigenvalue weighted by molar-refractivity contribution is 7.88. The molecule has 2 aromatic carbocycles. The lowest BCUT2D eigenvalue weighted by atomic mass is 10.1. The van der Waals surface area contributed by atoms with E-state index in [1.165, 1.54) is 12.6 Å². The Morgan fingerprint density at radius 1 is 1.08 bits per heavy atom. The number of amides is 1. The highest BCUT2D eigenvalue weighted by atomic mass is 32.2. The molecule has 0 spiro atoms. The van der Waals surface area contributed by atoms with Gasteiger partial charge in [-0.3, -0.25) is 4.79 Å². The molecule has 0 saturated heterocycles. The van der Waals surface area contributed by atoms with E-state index < -0.39 is 16.1 Å². The molecule has 1 N–H and O–H groups in total. The van der Waals surface area contributed by atoms with Crippen molar-refractivity contribution in [3.63, 3.8) is 0 Å². The fourth-order valence-electron chi connectivity index (χ4n) is 2.70. The lowest BCUT2D eigenvalue weighted by Gasteiger charge is -2.25. The van der Waals surface area contributed by atoms with Crippen LogP contribution >= 0.6 is 0 Å². The Bertz CT molecular complexity index is 818. The summed E-state index contributed by atoms with van der Waals surface area (Å²) in [5, 5.41) is 2.83. The number of hydrogen-bond donors (Lipinski definition) is 1. The van der Waals surface area contributed by atoms with Crippen LogP contribution in [0.4, 0.5) is 5.69 Å². The summed E-state index contributed by atoms with van der Waals surface area (Å²) in [6.07, 6.45) is 4.36. The standard InChI is InChI=1S/C20H26N2O3S/c1-4-5-9-16-12-14-18(15-13-16)21-20(23)19(22(2)26(3,24)25)17-10-7-6-8-11-17/h6-8,10-15,19H,4-5,9H2,1-3H3,(H,21,23)/t19-/m0/s1. The van der Waals surface area contributed by atoms with Crippen LogP contribution in [0.2, 0.25) is 0 Å². The van der Waals surface area contributed by atoms with Crippen molar-refractivity contribution >= 4 is 21.6 Å². The number of nitrogens with zero attached hydrogens (tertiary/aromatic N) is 1. The number of nitrogens with one attached hydrogen (secondary N) is 1. The molecule has 5 nitrogen and oxygen atoms in total. The second-order valence-corrected chi connectivity index (χ2v) is 8.42. The topological polar surface area (TPSA) is 66.5 Å². The van der Waals surface area contributed by atoms with E-state index in [0.29, 0.717) is 11.3 Å². The number of unbranched alkanes of at least 4 members (excludes halogenated alkanes) is 1. The van der Waals surface area contributed by atoms with Crippen molar-refractivity contribution in [2.45, 2.75) is 32.2 Å². The molecule has 1 atom stereocenters. The fourth-order valence-corrected chi connectivity index (χ4v) is 3.30. The highest BCUT2D eigenvalue weighted by Crippen LogP contribution is 2.24. The van der Waals surface area contributed by atoms with Gasteiger partial charge >= 0.3 is 0 Å². The predicted octanol–water partition coefficient (Wildman–Crippen LogP) is 3.60. The van der Waals surface area contributed by atoms with Crippen molar-refractivity contribution < 1.29 is 13.2 Å². The number of hydrogen-bond acceptors (Lipinski definition) is 3. The van der Waals surface area contributed by atoms with E-state index in [1.54, 1.807) is 24.3 Å². The SMILES string of the molecule is CCCCc1ccc(NC(=O)[C@H](c2ccccc2)N(C)S(C)(=O)=O)cc1. The minimum atomic E-state index is -3.53. The van der Waals surface area contributed by atoms with Gasteiger partial charge in [-0.2, -0.15) is 4.31 Å². The van der Waals surface area contributed by atoms with Gasteiger partial charge in [0.05, 0.1) is 6.26 Å². The molecule has 140 valence electrons. The first-order valence-corrected chi connectivity index (χ1v) is 10.6. The lowest BCUT2D eigenvalue weighted by Crippen LogP contribution is -2.38. The average molecular weight is 375 g/mol. The maximum Gasteiger partial charge on any atom is 0.247 e. The molecule has 0 bridgehead atoms. The zero-order valence-electron chi connectivity index (χ0n) is 15.5. The van der Waals surface area contributed by atoms with Crippen LogP contribution in [0.15, 0.2) is 54.6 Å². The smallest absolute Gasteiger partial charge is 0.247 e. The van der Waals surface area contributed by atoms with Crippen molar-refractivity contribution in [3.8, 4) is 0 Å². The van der Waals surface area contributed by atoms with Gasteiger partial charge < -0.3 is 5.32 Å². The molecule has 0 unspecified atom stereocenters. The van der Waals surface area contributed by atoms with Gasteiger partial charge in [0.1, 0.15) is 6.04 Å². The first kappa shape index (κ1) is 20.1. The Kier molecular flexibility index (Phi) is 6.94. The van der Waals surface area contributed by atoms with Crippen molar-refractivity contribution in [3.05, 3.63) is 65.7 Å². The zero-order valence-corrected chi connectivity index (χ0v) is 16.3. The molecule has 0 heterocycles. The van der Waals surface area contributed by atoms with E-state index in [2.05, 4.69) is 12.2 Å². The van der Waals surface area contributed by atoms with Crippen molar-refractivity contribution in [2.75, 3.05) is 18.6 Å². The minimum Gasteiger partial charge on any atom is -0.324 e. The second-order valence-electron chi connectivity index (χ2n) is 6.38. The van der Waals surface area contributed by atoms with Gasteiger partial charge in [-0.15, -0.1) is 0 Å². The molecule has 0 radical (unpaired) electrons. The minimum absolute atomic E-state index is 0.384. The first-order chi connectivity index (χ1) is 12.3. The molecule has 6 heteroatoms. The van der Waals surface area contributed by atoms with E-state index in [-0.39, 0.29) is 5.91 Å². The molecule has 0 aromatic heterocycles. The Hall–Kier alpha value is -2.18. The molecule has 0 aliphatic rings. The van der Waals surface area contributed by atoms with Gasteiger partial charge in [-0.1, -0.05) is 55.8 Å². The van der Waals surface area contributed by atoms with Crippen LogP contribution in [-0.4, -0.2) is 31.9 Å². The monoisotopic (exact) mass is 374 g/mol. The van der Waals surface area contributed by atoms with E-state index in [9.17, 15) is 13.2 Å². The number of aryl methyl sites for hydroxylation is 1. The number of rotatable bonds is 8. The van der Waals surface area contributed by atoms with Crippen molar-refractivity contribution in [1.29, 1.82) is 0 Å². The largest absolute Gasteiger partial charge is 0.324 e. The van der Waals surface area contributed by atoms with Crippen molar-refractivity contribution in [2.24, 2.45) is 0 Å². The van der Waals surface area contributed by atoms with Crippen LogP contribution in [0.3, 0.4) is 0 Å². The summed E-state index contributed by atoms with van der Waals surface area (Å²) in [7, 11) is -2.11. The van der Waals surface area contributed by atoms with E-state index >= 15 is 0 Å². The van der Waals surface area contributed by atoms with E-state index in [0.717, 1.165) is 29.8 Å². The summed E-state index contributed by atoms with van der Waals surface area (Å²) in [5.41, 5.74) is 2.49. The van der Waals surface area contributed by atoms with Gasteiger partial charge in [-0.25, -0.2) is 8.42 Å². The summed E-state index contributed by atoms with van der Waals surface area (Å²) in [6, 6.07) is 15.7. The van der Waals surface area contributed by atoms with Gasteiger partial charge in [0, 0.05) is 12.7 Å². The number of carbonyl (C=O) groups is 1. The third kappa shape index (κ3) is 5.41. The molecule has 26 heavy (non-hydrogen) atoms. The summed E-state index contributed by atoms with van der Waals surface area (Å²) in [6.45, 7) is 2.15. The van der Waals surface area contributed by atoms with Gasteiger partial charge in [0.25, 0.3) is 0 Å². The molecular formula is C20H26N2O3S. The van der Waals surface area contributed by atoms with Crippen LogP contribution in [0, 0.1) is 0 Å². The predicted molar refractivity (Wildman–Crippen MR) is 105 cm³/mol. The first-order valence-electron chi connectivity index (χ1n) is 8.70. The third-order valence-corrected chi connectivity index (χ3v) is 5.55. The van der Waals surface area contributed by atoms with Crippen LogP contribution < -0.4 is 5.32 Å². The van der Waals surface area contributed by atoms with Crippen LogP contribution in [0.5, 0.6) is 0 Å². The molecule has 0 fully saturated rings. The zero-order chi connectivity index (χ0) is 19.2. The van der Waals surface area contributed by atoms with Gasteiger partial charge in [0.2, 0.25) is 15.9 Å².